The third-order valence-corrected chi connectivity index (χ3v) is 5.55. The monoisotopic (exact) mass is 256 g/mol. The highest BCUT2D eigenvalue weighted by atomic mass is 32.2. The van der Waals surface area contributed by atoms with Gasteiger partial charge in [-0.05, 0) is 43.4 Å². The molecule has 0 bridgehead atoms. The van der Waals surface area contributed by atoms with E-state index in [0.717, 1.165) is 31.7 Å². The summed E-state index contributed by atoms with van der Waals surface area (Å²) in [7, 11) is 0. The summed E-state index contributed by atoms with van der Waals surface area (Å²) in [6.45, 7) is 4.79. The topological polar surface area (TPSA) is 46.3 Å². The predicted octanol–water partition coefficient (Wildman–Crippen LogP) is 1.72. The molecule has 3 nitrogen and oxygen atoms in total. The Morgan fingerprint density at radius 1 is 1.41 bits per heavy atom. The highest BCUT2D eigenvalue weighted by Gasteiger charge is 2.32. The maximum Gasteiger partial charge on any atom is 0.235 e. The van der Waals surface area contributed by atoms with Crippen LogP contribution in [-0.4, -0.2) is 41.4 Å². The Morgan fingerprint density at radius 3 is 2.88 bits per heavy atom. The molecule has 0 aromatic carbocycles. The van der Waals surface area contributed by atoms with E-state index in [-0.39, 0.29) is 5.25 Å². The molecule has 2 aliphatic rings. The van der Waals surface area contributed by atoms with Gasteiger partial charge in [0.1, 0.15) is 0 Å². The van der Waals surface area contributed by atoms with Crippen LogP contribution in [0.15, 0.2) is 0 Å². The second kappa shape index (κ2) is 6.10. The number of hydrogen-bond donors (Lipinski definition) is 1. The van der Waals surface area contributed by atoms with E-state index in [0.29, 0.717) is 24.3 Å². The van der Waals surface area contributed by atoms with Gasteiger partial charge in [0, 0.05) is 13.1 Å². The van der Waals surface area contributed by atoms with Gasteiger partial charge in [0.05, 0.1) is 5.25 Å². The number of carbonyl (C=O) groups is 1. The number of thioether (sulfide) groups is 1. The van der Waals surface area contributed by atoms with Gasteiger partial charge in [-0.3, -0.25) is 4.79 Å². The summed E-state index contributed by atoms with van der Waals surface area (Å²) < 4.78 is 0. The van der Waals surface area contributed by atoms with E-state index >= 15 is 0 Å². The second-order valence-electron chi connectivity index (χ2n) is 5.40. The van der Waals surface area contributed by atoms with Crippen molar-refractivity contribution in [3.63, 3.8) is 0 Å². The quantitative estimate of drug-likeness (QED) is 0.818. The van der Waals surface area contributed by atoms with E-state index in [1.54, 1.807) is 0 Å². The molecule has 17 heavy (non-hydrogen) atoms. The molecule has 98 valence electrons. The standard InChI is InChI=1S/C13H24N2OS/c1-10-5-6-15(9-11(10)8-14)13(16)12-4-2-3-7-17-12/h10-12H,2-9,14H2,1H3. The summed E-state index contributed by atoms with van der Waals surface area (Å²) in [4.78, 5) is 14.5. The van der Waals surface area contributed by atoms with Crippen molar-refractivity contribution in [1.82, 2.24) is 4.90 Å². The van der Waals surface area contributed by atoms with Gasteiger partial charge in [0.15, 0.2) is 0 Å². The molecule has 2 saturated heterocycles. The SMILES string of the molecule is CC1CCN(C(=O)C2CCCCS2)CC1CN. The molecule has 0 aliphatic carbocycles. The van der Waals surface area contributed by atoms with Gasteiger partial charge in [-0.1, -0.05) is 13.3 Å². The minimum atomic E-state index is 0.232. The molecule has 2 N–H and O–H groups in total. The van der Waals surface area contributed by atoms with Gasteiger partial charge in [-0.15, -0.1) is 11.8 Å². The summed E-state index contributed by atoms with van der Waals surface area (Å²) >= 11 is 1.85. The number of rotatable bonds is 2. The van der Waals surface area contributed by atoms with Crippen LogP contribution in [0.4, 0.5) is 0 Å². The number of nitrogens with zero attached hydrogens (tertiary/aromatic N) is 1. The van der Waals surface area contributed by atoms with Crippen molar-refractivity contribution in [2.75, 3.05) is 25.4 Å². The average molecular weight is 256 g/mol. The van der Waals surface area contributed by atoms with Gasteiger partial charge in [-0.25, -0.2) is 0 Å². The Morgan fingerprint density at radius 2 is 2.24 bits per heavy atom. The zero-order valence-corrected chi connectivity index (χ0v) is 11.5. The smallest absolute Gasteiger partial charge is 0.235 e. The van der Waals surface area contributed by atoms with Crippen molar-refractivity contribution in [2.24, 2.45) is 17.6 Å². The molecule has 4 heteroatoms. The van der Waals surface area contributed by atoms with E-state index in [1.165, 1.54) is 12.8 Å². The normalized spacial score (nSPS) is 34.7. The molecule has 0 spiro atoms. The van der Waals surface area contributed by atoms with E-state index in [9.17, 15) is 4.79 Å². The number of nitrogens with two attached hydrogens (primary N) is 1. The van der Waals surface area contributed by atoms with Crippen molar-refractivity contribution in [2.45, 2.75) is 37.9 Å². The van der Waals surface area contributed by atoms with E-state index in [1.807, 2.05) is 11.8 Å². The molecule has 0 aromatic heterocycles. The highest BCUT2D eigenvalue weighted by Crippen LogP contribution is 2.29. The fourth-order valence-electron chi connectivity index (χ4n) is 2.80. The lowest BCUT2D eigenvalue weighted by molar-refractivity contribution is -0.133. The molecule has 2 rings (SSSR count). The predicted molar refractivity (Wildman–Crippen MR) is 73.0 cm³/mol. The van der Waals surface area contributed by atoms with Gasteiger partial charge < -0.3 is 10.6 Å². The summed E-state index contributed by atoms with van der Waals surface area (Å²) in [5.74, 6) is 2.70. The lowest BCUT2D eigenvalue weighted by atomic mass is 9.87. The van der Waals surface area contributed by atoms with Crippen LogP contribution in [0.5, 0.6) is 0 Å². The second-order valence-corrected chi connectivity index (χ2v) is 6.71. The lowest BCUT2D eigenvalue weighted by Crippen LogP contribution is -2.48. The number of piperidine rings is 1. The van der Waals surface area contributed by atoms with Crippen molar-refractivity contribution >= 4 is 17.7 Å². The summed E-state index contributed by atoms with van der Waals surface area (Å²) in [5, 5.41) is 0.232. The van der Waals surface area contributed by atoms with E-state index < -0.39 is 0 Å². The van der Waals surface area contributed by atoms with Crippen molar-refractivity contribution < 1.29 is 4.79 Å². The Hall–Kier alpha value is -0.220. The Balaban J connectivity index is 1.90. The molecule has 2 aliphatic heterocycles. The van der Waals surface area contributed by atoms with Crippen molar-refractivity contribution in [3.05, 3.63) is 0 Å². The zero-order chi connectivity index (χ0) is 12.3. The Kier molecular flexibility index (Phi) is 4.74. The number of hydrogen-bond acceptors (Lipinski definition) is 3. The first kappa shape index (κ1) is 13.2. The molecule has 2 heterocycles. The first-order valence-corrected chi connectivity index (χ1v) is 7.87. The molecule has 1 amide bonds. The molecule has 0 saturated carbocycles. The van der Waals surface area contributed by atoms with Crippen LogP contribution in [0.2, 0.25) is 0 Å². The number of likely N-dealkylation sites (tertiary alicyclic amines) is 1. The largest absolute Gasteiger partial charge is 0.341 e. The molecular weight excluding hydrogens is 232 g/mol. The first-order chi connectivity index (χ1) is 8.22. The fourth-order valence-corrected chi connectivity index (χ4v) is 4.08. The van der Waals surface area contributed by atoms with Crippen LogP contribution in [0, 0.1) is 11.8 Å². The molecule has 2 fully saturated rings. The third-order valence-electron chi connectivity index (χ3n) is 4.18. The first-order valence-electron chi connectivity index (χ1n) is 6.83. The molecule has 0 aromatic rings. The van der Waals surface area contributed by atoms with Gasteiger partial charge in [-0.2, -0.15) is 0 Å². The molecule has 0 radical (unpaired) electrons. The van der Waals surface area contributed by atoms with Crippen LogP contribution in [0.3, 0.4) is 0 Å². The van der Waals surface area contributed by atoms with Crippen LogP contribution >= 0.6 is 11.8 Å². The molecular formula is C13H24N2OS. The van der Waals surface area contributed by atoms with Crippen LogP contribution in [0.1, 0.15) is 32.6 Å². The summed E-state index contributed by atoms with van der Waals surface area (Å²) in [5.41, 5.74) is 5.79. The zero-order valence-electron chi connectivity index (χ0n) is 10.7. The lowest BCUT2D eigenvalue weighted by Gasteiger charge is -2.38. The average Bonchev–Trinajstić information content (AvgIpc) is 2.39. The molecule has 3 atom stereocenters. The van der Waals surface area contributed by atoms with Crippen LogP contribution in [-0.2, 0) is 4.79 Å². The van der Waals surface area contributed by atoms with E-state index in [2.05, 4.69) is 11.8 Å². The van der Waals surface area contributed by atoms with Gasteiger partial charge in [0.2, 0.25) is 5.91 Å². The van der Waals surface area contributed by atoms with Crippen molar-refractivity contribution in [1.29, 1.82) is 0 Å². The van der Waals surface area contributed by atoms with Gasteiger partial charge in [0.25, 0.3) is 0 Å². The van der Waals surface area contributed by atoms with Crippen molar-refractivity contribution in [3.8, 4) is 0 Å². The van der Waals surface area contributed by atoms with E-state index in [4.69, 9.17) is 5.73 Å². The maximum atomic E-state index is 12.4. The van der Waals surface area contributed by atoms with Crippen LogP contribution in [0.25, 0.3) is 0 Å². The summed E-state index contributed by atoms with van der Waals surface area (Å²) in [6.07, 6.45) is 4.68. The Labute approximate surface area is 108 Å². The minimum absolute atomic E-state index is 0.232. The third kappa shape index (κ3) is 3.16. The Bertz CT molecular complexity index is 266. The number of amides is 1. The highest BCUT2D eigenvalue weighted by molar-refractivity contribution is 8.00. The minimum Gasteiger partial charge on any atom is -0.341 e. The molecule has 3 unspecified atom stereocenters. The summed E-state index contributed by atoms with van der Waals surface area (Å²) in [6, 6.07) is 0. The van der Waals surface area contributed by atoms with Crippen LogP contribution < -0.4 is 5.73 Å². The van der Waals surface area contributed by atoms with Gasteiger partial charge >= 0.3 is 0 Å². The fraction of sp³-hybridized carbons (Fsp3) is 0.923. The maximum absolute atomic E-state index is 12.4. The number of carbonyl (C=O) groups excluding carboxylic acids is 1.